The van der Waals surface area contributed by atoms with Crippen LogP contribution in [-0.4, -0.2) is 45.5 Å². The Kier molecular flexibility index (Phi) is 6.45. The van der Waals surface area contributed by atoms with Crippen LogP contribution in [0.2, 0.25) is 0 Å². The number of sulfone groups is 1. The highest BCUT2D eigenvalue weighted by Gasteiger charge is 2.40. The van der Waals surface area contributed by atoms with Crippen LogP contribution in [0.5, 0.6) is 0 Å². The minimum atomic E-state index is -3.27. The summed E-state index contributed by atoms with van der Waals surface area (Å²) in [5, 5.41) is 7.14. The lowest BCUT2D eigenvalue weighted by molar-refractivity contribution is 0.309. The first-order valence-electron chi connectivity index (χ1n) is 12.0. The fraction of sp³-hybridized carbons (Fsp3) is 0.346. The van der Waals surface area contributed by atoms with Crippen LogP contribution in [0.4, 0.5) is 20.4 Å². The van der Waals surface area contributed by atoms with Crippen LogP contribution in [0.1, 0.15) is 36.8 Å². The zero-order valence-corrected chi connectivity index (χ0v) is 21.5. The SMILES string of the molecule is Cc1cc(F)c(-c2ccc3cnc(Nc4cnccc4[C@H]4C[C@@H](N)[C@H](S(C)(=O)=O)[C@@H](C)C4)n3n2)c(F)c1. The van der Waals surface area contributed by atoms with Gasteiger partial charge in [0.1, 0.15) is 11.6 Å². The summed E-state index contributed by atoms with van der Waals surface area (Å²) >= 11 is 0. The molecule has 3 heterocycles. The van der Waals surface area contributed by atoms with Crippen LogP contribution in [0, 0.1) is 24.5 Å². The second-order valence-electron chi connectivity index (χ2n) is 9.93. The molecule has 1 saturated carbocycles. The number of aromatic nitrogens is 4. The highest BCUT2D eigenvalue weighted by Crippen LogP contribution is 2.41. The monoisotopic (exact) mass is 526 g/mol. The lowest BCUT2D eigenvalue weighted by Gasteiger charge is -2.38. The number of benzene rings is 1. The van der Waals surface area contributed by atoms with E-state index in [1.54, 1.807) is 37.6 Å². The molecule has 0 spiro atoms. The summed E-state index contributed by atoms with van der Waals surface area (Å²) in [5.74, 6) is -1.13. The van der Waals surface area contributed by atoms with Crippen molar-refractivity contribution in [3.63, 3.8) is 0 Å². The fourth-order valence-corrected chi connectivity index (χ4v) is 7.29. The molecule has 3 N–H and O–H groups in total. The number of pyridine rings is 1. The van der Waals surface area contributed by atoms with E-state index in [4.69, 9.17) is 5.73 Å². The molecule has 11 heteroatoms. The van der Waals surface area contributed by atoms with Gasteiger partial charge in [0.2, 0.25) is 5.95 Å². The number of nitrogens with two attached hydrogens (primary N) is 1. The van der Waals surface area contributed by atoms with Crippen molar-refractivity contribution in [3.8, 4) is 11.3 Å². The van der Waals surface area contributed by atoms with Gasteiger partial charge in [-0.25, -0.2) is 22.2 Å². The third-order valence-corrected chi connectivity index (χ3v) is 8.86. The van der Waals surface area contributed by atoms with Gasteiger partial charge in [0.25, 0.3) is 0 Å². The molecule has 3 aromatic heterocycles. The summed E-state index contributed by atoms with van der Waals surface area (Å²) in [6, 6.07) is 7.18. The minimum Gasteiger partial charge on any atom is -0.326 e. The van der Waals surface area contributed by atoms with E-state index in [2.05, 4.69) is 20.4 Å². The van der Waals surface area contributed by atoms with Gasteiger partial charge in [0.05, 0.1) is 40.1 Å². The van der Waals surface area contributed by atoms with Crippen molar-refractivity contribution in [2.24, 2.45) is 11.7 Å². The molecule has 0 radical (unpaired) electrons. The van der Waals surface area contributed by atoms with Gasteiger partial charge in [-0.2, -0.15) is 9.61 Å². The van der Waals surface area contributed by atoms with E-state index in [0.29, 0.717) is 35.6 Å². The van der Waals surface area contributed by atoms with Crippen LogP contribution in [0.3, 0.4) is 0 Å². The Morgan fingerprint density at radius 1 is 1.11 bits per heavy atom. The largest absolute Gasteiger partial charge is 0.326 e. The van der Waals surface area contributed by atoms with Gasteiger partial charge in [0, 0.05) is 18.5 Å². The Hall–Kier alpha value is -3.44. The molecule has 1 fully saturated rings. The maximum absolute atomic E-state index is 14.6. The van der Waals surface area contributed by atoms with Crippen LogP contribution in [0.15, 0.2) is 48.9 Å². The van der Waals surface area contributed by atoms with Gasteiger partial charge < -0.3 is 11.1 Å². The molecule has 1 aliphatic rings. The molecule has 1 aliphatic carbocycles. The molecular weight excluding hydrogens is 498 g/mol. The first kappa shape index (κ1) is 25.2. The number of rotatable bonds is 5. The van der Waals surface area contributed by atoms with Crippen molar-refractivity contribution < 1.29 is 17.2 Å². The quantitative estimate of drug-likeness (QED) is 0.397. The molecule has 1 aromatic carbocycles. The minimum absolute atomic E-state index is 0.0130. The van der Waals surface area contributed by atoms with E-state index in [1.165, 1.54) is 22.9 Å². The van der Waals surface area contributed by atoms with Gasteiger partial charge in [-0.3, -0.25) is 4.98 Å². The summed E-state index contributed by atoms with van der Waals surface area (Å²) in [4.78, 5) is 8.66. The predicted molar refractivity (Wildman–Crippen MR) is 138 cm³/mol. The van der Waals surface area contributed by atoms with Crippen molar-refractivity contribution in [3.05, 3.63) is 71.7 Å². The van der Waals surface area contributed by atoms with Crippen molar-refractivity contribution in [1.29, 1.82) is 0 Å². The average molecular weight is 527 g/mol. The van der Waals surface area contributed by atoms with E-state index < -0.39 is 32.8 Å². The number of nitrogens with zero attached hydrogens (tertiary/aromatic N) is 4. The van der Waals surface area contributed by atoms with Gasteiger partial charge in [-0.15, -0.1) is 0 Å². The van der Waals surface area contributed by atoms with Gasteiger partial charge in [-0.05, 0) is 73.1 Å². The normalized spacial score (nSPS) is 22.3. The average Bonchev–Trinajstić information content (AvgIpc) is 3.19. The van der Waals surface area contributed by atoms with Crippen molar-refractivity contribution in [2.45, 2.75) is 43.9 Å². The Labute approximate surface area is 213 Å². The van der Waals surface area contributed by atoms with Crippen molar-refractivity contribution >= 4 is 27.0 Å². The van der Waals surface area contributed by atoms with Crippen LogP contribution >= 0.6 is 0 Å². The lowest BCUT2D eigenvalue weighted by Crippen LogP contribution is -2.48. The fourth-order valence-electron chi connectivity index (χ4n) is 5.59. The molecule has 0 aliphatic heterocycles. The van der Waals surface area contributed by atoms with E-state index >= 15 is 0 Å². The Balaban J connectivity index is 1.49. The summed E-state index contributed by atoms with van der Waals surface area (Å²) in [6.45, 7) is 3.54. The standard InChI is InChI=1S/C26H28F2N6O2S/c1-14-8-19(27)24(20(28)9-14)22-5-4-17-12-31-26(34(17)33-22)32-23-13-30-7-6-18(23)16-10-15(2)25(21(29)11-16)37(3,35)36/h4-9,12-13,15-16,21,25H,10-11,29H2,1-3H3,(H,31,32)/t15-,16+,21+,25+/m0/s1. The smallest absolute Gasteiger partial charge is 0.229 e. The molecule has 4 atom stereocenters. The maximum Gasteiger partial charge on any atom is 0.229 e. The maximum atomic E-state index is 14.6. The number of imidazole rings is 1. The highest BCUT2D eigenvalue weighted by molar-refractivity contribution is 7.91. The molecule has 5 rings (SSSR count). The first-order valence-corrected chi connectivity index (χ1v) is 13.9. The molecule has 8 nitrogen and oxygen atoms in total. The Morgan fingerprint density at radius 2 is 1.84 bits per heavy atom. The number of fused-ring (bicyclic) bond motifs is 1. The molecule has 0 unspecified atom stereocenters. The Morgan fingerprint density at radius 3 is 2.51 bits per heavy atom. The van der Waals surface area contributed by atoms with Gasteiger partial charge in [0.15, 0.2) is 9.84 Å². The van der Waals surface area contributed by atoms with Crippen molar-refractivity contribution in [2.75, 3.05) is 11.6 Å². The van der Waals surface area contributed by atoms with Gasteiger partial charge >= 0.3 is 0 Å². The number of nitrogens with one attached hydrogen (secondary N) is 1. The lowest BCUT2D eigenvalue weighted by atomic mass is 9.76. The summed E-state index contributed by atoms with van der Waals surface area (Å²) < 4.78 is 55.3. The number of hydrogen-bond acceptors (Lipinski definition) is 7. The molecular formula is C26H28F2N6O2S. The highest BCUT2D eigenvalue weighted by atomic mass is 32.2. The zero-order valence-electron chi connectivity index (χ0n) is 20.7. The molecule has 0 saturated heterocycles. The molecule has 0 bridgehead atoms. The van der Waals surface area contributed by atoms with E-state index in [9.17, 15) is 17.2 Å². The van der Waals surface area contributed by atoms with Crippen LogP contribution in [0.25, 0.3) is 16.8 Å². The second-order valence-corrected chi connectivity index (χ2v) is 12.1. The molecule has 4 aromatic rings. The summed E-state index contributed by atoms with van der Waals surface area (Å²) in [6.07, 6.45) is 7.36. The Bertz CT molecular complexity index is 1550. The molecule has 37 heavy (non-hydrogen) atoms. The molecule has 194 valence electrons. The van der Waals surface area contributed by atoms with Crippen molar-refractivity contribution in [1.82, 2.24) is 19.6 Å². The third kappa shape index (κ3) is 4.80. The van der Waals surface area contributed by atoms with E-state index in [-0.39, 0.29) is 23.1 Å². The second kappa shape index (κ2) is 9.46. The summed E-state index contributed by atoms with van der Waals surface area (Å²) in [7, 11) is -3.27. The van der Waals surface area contributed by atoms with Crippen LogP contribution < -0.4 is 11.1 Å². The first-order chi connectivity index (χ1) is 17.5. The van der Waals surface area contributed by atoms with E-state index in [0.717, 1.165) is 5.56 Å². The zero-order chi connectivity index (χ0) is 26.5. The van der Waals surface area contributed by atoms with E-state index in [1.807, 2.05) is 13.0 Å². The number of hydrogen-bond donors (Lipinski definition) is 2. The summed E-state index contributed by atoms with van der Waals surface area (Å²) in [5.41, 5.74) is 9.00. The number of anilines is 2. The predicted octanol–water partition coefficient (Wildman–Crippen LogP) is 4.38. The molecule has 0 amide bonds. The number of aryl methyl sites for hydroxylation is 1. The number of halogens is 2. The third-order valence-electron chi connectivity index (χ3n) is 7.06. The topological polar surface area (TPSA) is 115 Å². The van der Waals surface area contributed by atoms with Crippen LogP contribution in [-0.2, 0) is 9.84 Å². The van der Waals surface area contributed by atoms with Gasteiger partial charge in [-0.1, -0.05) is 6.92 Å².